The lowest BCUT2D eigenvalue weighted by Crippen LogP contribution is -2.36. The summed E-state index contributed by atoms with van der Waals surface area (Å²) in [5.74, 6) is 1.56. The highest BCUT2D eigenvalue weighted by Gasteiger charge is 2.36. The zero-order valence-electron chi connectivity index (χ0n) is 10.5. The van der Waals surface area contributed by atoms with Crippen LogP contribution in [-0.4, -0.2) is 26.2 Å². The van der Waals surface area contributed by atoms with Crippen molar-refractivity contribution in [3.05, 3.63) is 29.3 Å². The summed E-state index contributed by atoms with van der Waals surface area (Å²) >= 11 is 6.24. The van der Waals surface area contributed by atoms with Gasteiger partial charge in [-0.25, -0.2) is 0 Å². The van der Waals surface area contributed by atoms with Gasteiger partial charge in [-0.3, -0.25) is 0 Å². The molecule has 1 saturated heterocycles. The van der Waals surface area contributed by atoms with Gasteiger partial charge in [-0.15, -0.1) is 11.6 Å². The molecule has 0 amide bonds. The third-order valence-corrected chi connectivity index (χ3v) is 4.14. The summed E-state index contributed by atoms with van der Waals surface area (Å²) in [6, 6.07) is 6.31. The minimum atomic E-state index is 0.0111. The third-order valence-electron chi connectivity index (χ3n) is 3.63. The molecule has 0 radical (unpaired) electrons. The Hall–Kier alpha value is -0.730. The van der Waals surface area contributed by atoms with Gasteiger partial charge in [-0.05, 0) is 25.8 Å². The number of ether oxygens (including phenoxy) is 2. The van der Waals surface area contributed by atoms with Gasteiger partial charge in [-0.1, -0.05) is 17.7 Å². The number of rotatable bonds is 3. The van der Waals surface area contributed by atoms with E-state index in [-0.39, 0.29) is 5.41 Å². The lowest BCUT2D eigenvalue weighted by Gasteiger charge is -2.37. The molecule has 0 aliphatic carbocycles. The number of alkyl halides is 1. The molecule has 1 aliphatic rings. The first-order valence-corrected chi connectivity index (χ1v) is 6.54. The van der Waals surface area contributed by atoms with E-state index in [9.17, 15) is 0 Å². The molecule has 0 atom stereocenters. The Labute approximate surface area is 108 Å². The molecule has 3 heteroatoms. The van der Waals surface area contributed by atoms with Crippen molar-refractivity contribution in [2.45, 2.75) is 25.2 Å². The molecule has 2 nitrogen and oxygen atoms in total. The van der Waals surface area contributed by atoms with Gasteiger partial charge in [0, 0.05) is 30.1 Å². The van der Waals surface area contributed by atoms with Gasteiger partial charge in [0.25, 0.3) is 0 Å². The second kappa shape index (κ2) is 5.28. The maximum atomic E-state index is 6.24. The van der Waals surface area contributed by atoms with Gasteiger partial charge in [0.2, 0.25) is 0 Å². The van der Waals surface area contributed by atoms with Gasteiger partial charge in [-0.2, -0.15) is 0 Å². The fraction of sp³-hybridized carbons (Fsp3) is 0.571. The number of hydrogen-bond donors (Lipinski definition) is 0. The van der Waals surface area contributed by atoms with Gasteiger partial charge < -0.3 is 9.47 Å². The van der Waals surface area contributed by atoms with Crippen LogP contribution in [0.25, 0.3) is 0 Å². The molecule has 0 N–H and O–H groups in total. The minimum absolute atomic E-state index is 0.0111. The Morgan fingerprint density at radius 3 is 2.65 bits per heavy atom. The molecule has 0 aromatic heterocycles. The highest BCUT2D eigenvalue weighted by Crippen LogP contribution is 2.41. The van der Waals surface area contributed by atoms with Crippen molar-refractivity contribution in [2.75, 3.05) is 26.2 Å². The van der Waals surface area contributed by atoms with E-state index in [1.807, 2.05) is 6.07 Å². The Kier molecular flexibility index (Phi) is 3.95. The predicted molar refractivity (Wildman–Crippen MR) is 70.2 cm³/mol. The predicted octanol–water partition coefficient (Wildman–Crippen LogP) is 3.29. The Morgan fingerprint density at radius 2 is 2.06 bits per heavy atom. The molecule has 0 saturated carbocycles. The van der Waals surface area contributed by atoms with E-state index in [1.165, 1.54) is 11.1 Å². The lowest BCUT2D eigenvalue weighted by atomic mass is 9.75. The summed E-state index contributed by atoms with van der Waals surface area (Å²) in [5, 5.41) is 0. The van der Waals surface area contributed by atoms with E-state index >= 15 is 0 Å². The van der Waals surface area contributed by atoms with E-state index in [0.717, 1.165) is 31.8 Å². The van der Waals surface area contributed by atoms with E-state index in [1.54, 1.807) is 7.11 Å². The molecule has 0 unspecified atom stereocenters. The summed E-state index contributed by atoms with van der Waals surface area (Å²) < 4.78 is 10.9. The van der Waals surface area contributed by atoms with Gasteiger partial charge in [0.15, 0.2) is 0 Å². The maximum Gasteiger partial charge on any atom is 0.122 e. The van der Waals surface area contributed by atoms with Crippen LogP contribution in [0.5, 0.6) is 5.75 Å². The normalized spacial score (nSPS) is 19.0. The molecule has 0 bridgehead atoms. The standard InChI is InChI=1S/C14H19ClO2/c1-11-3-4-13(16-2)12(9-11)14(10-15)5-7-17-8-6-14/h3-4,9H,5-8,10H2,1-2H3. The Bertz CT molecular complexity index is 384. The van der Waals surface area contributed by atoms with Crippen molar-refractivity contribution in [3.63, 3.8) is 0 Å². The molecule has 1 fully saturated rings. The molecule has 17 heavy (non-hydrogen) atoms. The number of aryl methyl sites for hydroxylation is 1. The van der Waals surface area contributed by atoms with E-state index < -0.39 is 0 Å². The molecular formula is C14H19ClO2. The van der Waals surface area contributed by atoms with Crippen molar-refractivity contribution in [2.24, 2.45) is 0 Å². The van der Waals surface area contributed by atoms with Crippen molar-refractivity contribution >= 4 is 11.6 Å². The van der Waals surface area contributed by atoms with Crippen LogP contribution in [0, 0.1) is 6.92 Å². The number of methoxy groups -OCH3 is 1. The highest BCUT2D eigenvalue weighted by molar-refractivity contribution is 6.18. The van der Waals surface area contributed by atoms with Crippen molar-refractivity contribution in [1.29, 1.82) is 0 Å². The Morgan fingerprint density at radius 1 is 1.35 bits per heavy atom. The molecule has 1 heterocycles. The quantitative estimate of drug-likeness (QED) is 0.771. The number of halogens is 1. The summed E-state index contributed by atoms with van der Waals surface area (Å²) in [6.07, 6.45) is 1.94. The summed E-state index contributed by atoms with van der Waals surface area (Å²) in [6.45, 7) is 3.66. The largest absolute Gasteiger partial charge is 0.496 e. The molecule has 1 aliphatic heterocycles. The second-order valence-electron chi connectivity index (χ2n) is 4.73. The second-order valence-corrected chi connectivity index (χ2v) is 5.00. The lowest BCUT2D eigenvalue weighted by molar-refractivity contribution is 0.0567. The fourth-order valence-corrected chi connectivity index (χ4v) is 2.88. The van der Waals surface area contributed by atoms with Crippen molar-refractivity contribution in [3.8, 4) is 5.75 Å². The molecule has 94 valence electrons. The van der Waals surface area contributed by atoms with Gasteiger partial charge in [0.1, 0.15) is 5.75 Å². The molecular weight excluding hydrogens is 236 g/mol. The average molecular weight is 255 g/mol. The van der Waals surface area contributed by atoms with Crippen LogP contribution in [0.3, 0.4) is 0 Å². The molecule has 0 spiro atoms. The fourth-order valence-electron chi connectivity index (χ4n) is 2.47. The van der Waals surface area contributed by atoms with Crippen LogP contribution in [0.2, 0.25) is 0 Å². The molecule has 2 rings (SSSR count). The zero-order chi connectivity index (χ0) is 12.3. The van der Waals surface area contributed by atoms with E-state index in [2.05, 4.69) is 19.1 Å². The van der Waals surface area contributed by atoms with Gasteiger partial charge in [0.05, 0.1) is 7.11 Å². The average Bonchev–Trinajstić information content (AvgIpc) is 2.39. The minimum Gasteiger partial charge on any atom is -0.496 e. The van der Waals surface area contributed by atoms with Gasteiger partial charge >= 0.3 is 0 Å². The summed E-state index contributed by atoms with van der Waals surface area (Å²) in [5.41, 5.74) is 2.49. The topological polar surface area (TPSA) is 18.5 Å². The third kappa shape index (κ3) is 2.43. The monoisotopic (exact) mass is 254 g/mol. The van der Waals surface area contributed by atoms with Crippen molar-refractivity contribution in [1.82, 2.24) is 0 Å². The number of benzene rings is 1. The zero-order valence-corrected chi connectivity index (χ0v) is 11.2. The van der Waals surface area contributed by atoms with E-state index in [0.29, 0.717) is 5.88 Å². The summed E-state index contributed by atoms with van der Waals surface area (Å²) in [7, 11) is 1.72. The van der Waals surface area contributed by atoms with Crippen LogP contribution < -0.4 is 4.74 Å². The number of hydrogen-bond acceptors (Lipinski definition) is 2. The van der Waals surface area contributed by atoms with Crippen LogP contribution in [0.4, 0.5) is 0 Å². The van der Waals surface area contributed by atoms with Crippen LogP contribution in [-0.2, 0) is 10.2 Å². The first-order chi connectivity index (χ1) is 8.22. The molecule has 1 aromatic rings. The van der Waals surface area contributed by atoms with Crippen molar-refractivity contribution < 1.29 is 9.47 Å². The first-order valence-electron chi connectivity index (χ1n) is 6.01. The summed E-state index contributed by atoms with van der Waals surface area (Å²) in [4.78, 5) is 0. The van der Waals surface area contributed by atoms with E-state index in [4.69, 9.17) is 21.1 Å². The van der Waals surface area contributed by atoms with Crippen LogP contribution in [0.1, 0.15) is 24.0 Å². The first kappa shape index (κ1) is 12.7. The van der Waals surface area contributed by atoms with Crippen LogP contribution in [0.15, 0.2) is 18.2 Å². The Balaban J connectivity index is 2.44. The molecule has 1 aromatic carbocycles. The van der Waals surface area contributed by atoms with Crippen LogP contribution >= 0.6 is 11.6 Å². The SMILES string of the molecule is COc1ccc(C)cc1C1(CCl)CCOCC1. The highest BCUT2D eigenvalue weighted by atomic mass is 35.5. The maximum absolute atomic E-state index is 6.24. The smallest absolute Gasteiger partial charge is 0.122 e.